The molecule has 208 valence electrons. The minimum Gasteiger partial charge on any atom is -0.456 e. The molecular formula is C17H18F15NO2. The summed E-state index contributed by atoms with van der Waals surface area (Å²) < 4.78 is 200. The molecule has 18 heteroatoms. The van der Waals surface area contributed by atoms with Gasteiger partial charge in [0.2, 0.25) is 0 Å². The molecule has 0 aromatic carbocycles. The highest BCUT2D eigenvalue weighted by atomic mass is 19.4. The fourth-order valence-electron chi connectivity index (χ4n) is 2.17. The van der Waals surface area contributed by atoms with Gasteiger partial charge in [-0.25, -0.2) is 4.79 Å². The molecule has 0 saturated carbocycles. The topological polar surface area (TPSA) is 29.5 Å². The minimum atomic E-state index is -8.38. The molecule has 0 rings (SSSR count). The summed E-state index contributed by atoms with van der Waals surface area (Å²) in [6.07, 6.45) is -6.16. The maximum absolute atomic E-state index is 13.6. The van der Waals surface area contributed by atoms with Crippen molar-refractivity contribution in [1.82, 2.24) is 4.90 Å². The van der Waals surface area contributed by atoms with E-state index in [1.807, 2.05) is 0 Å². The number of halogens is 15. The van der Waals surface area contributed by atoms with Gasteiger partial charge in [-0.3, -0.25) is 0 Å². The van der Waals surface area contributed by atoms with Crippen molar-refractivity contribution in [3.8, 4) is 0 Å². The van der Waals surface area contributed by atoms with Crippen LogP contribution in [0.15, 0.2) is 11.6 Å². The van der Waals surface area contributed by atoms with Gasteiger partial charge in [0.15, 0.2) is 6.61 Å². The van der Waals surface area contributed by atoms with Crippen molar-refractivity contribution in [3.05, 3.63) is 11.6 Å². The van der Waals surface area contributed by atoms with Gasteiger partial charge < -0.3 is 9.64 Å². The summed E-state index contributed by atoms with van der Waals surface area (Å²) in [4.78, 5) is 13.2. The highest BCUT2D eigenvalue weighted by Crippen LogP contribution is 2.62. The van der Waals surface area contributed by atoms with E-state index in [2.05, 4.69) is 4.74 Å². The molecule has 0 aliphatic heterocycles. The van der Waals surface area contributed by atoms with Crippen LogP contribution in [0.2, 0.25) is 0 Å². The number of hydrogen-bond donors (Lipinski definition) is 0. The van der Waals surface area contributed by atoms with Crippen LogP contribution in [0.3, 0.4) is 0 Å². The van der Waals surface area contributed by atoms with E-state index < -0.39 is 59.9 Å². The van der Waals surface area contributed by atoms with Gasteiger partial charge in [0.25, 0.3) is 0 Å². The van der Waals surface area contributed by atoms with Crippen molar-refractivity contribution in [1.29, 1.82) is 0 Å². The summed E-state index contributed by atoms with van der Waals surface area (Å²) in [5.41, 5.74) is -0.545. The molecule has 0 bridgehead atoms. The second kappa shape index (κ2) is 10.2. The van der Waals surface area contributed by atoms with E-state index in [0.717, 1.165) is 13.0 Å². The molecule has 3 nitrogen and oxygen atoms in total. The van der Waals surface area contributed by atoms with E-state index >= 15 is 0 Å². The number of rotatable bonds is 12. The second-order valence-corrected chi connectivity index (χ2v) is 7.48. The van der Waals surface area contributed by atoms with E-state index in [0.29, 0.717) is 13.0 Å². The first-order valence-corrected chi connectivity index (χ1v) is 9.04. The molecular weight excluding hydrogens is 535 g/mol. The quantitative estimate of drug-likeness (QED) is 0.125. The predicted molar refractivity (Wildman–Crippen MR) is 88.2 cm³/mol. The normalized spacial score (nSPS) is 15.6. The van der Waals surface area contributed by atoms with Crippen LogP contribution >= 0.6 is 0 Å². The molecule has 0 fully saturated rings. The number of hydrogen-bond acceptors (Lipinski definition) is 3. The molecule has 0 saturated heterocycles. The van der Waals surface area contributed by atoms with E-state index in [9.17, 15) is 70.7 Å². The average molecular weight is 553 g/mol. The molecule has 0 N–H and O–H groups in total. The van der Waals surface area contributed by atoms with Gasteiger partial charge in [-0.05, 0) is 40.4 Å². The Labute approximate surface area is 187 Å². The van der Waals surface area contributed by atoms with Crippen LogP contribution in [0, 0.1) is 0 Å². The third-order valence-corrected chi connectivity index (χ3v) is 4.36. The van der Waals surface area contributed by atoms with Crippen molar-refractivity contribution in [2.45, 2.75) is 61.5 Å². The van der Waals surface area contributed by atoms with Crippen molar-refractivity contribution < 1.29 is 75.4 Å². The van der Waals surface area contributed by atoms with Crippen molar-refractivity contribution in [3.63, 3.8) is 0 Å². The molecule has 0 aromatic rings. The Kier molecular flexibility index (Phi) is 9.69. The van der Waals surface area contributed by atoms with Crippen LogP contribution in [0.5, 0.6) is 0 Å². The summed E-state index contributed by atoms with van der Waals surface area (Å²) in [5.74, 6) is -49.1. The Hall–Kier alpha value is -1.88. The number of allylic oxidation sites excluding steroid dienone is 1. The maximum Gasteiger partial charge on any atom is 0.460 e. The zero-order valence-electron chi connectivity index (χ0n) is 17.8. The van der Waals surface area contributed by atoms with E-state index in [-0.39, 0.29) is 6.42 Å². The third kappa shape index (κ3) is 6.10. The van der Waals surface area contributed by atoms with Crippen molar-refractivity contribution in [2.24, 2.45) is 0 Å². The first-order chi connectivity index (χ1) is 15.2. The fraction of sp³-hybridized carbons (Fsp3) is 0.824. The molecule has 0 unspecified atom stereocenters. The number of esters is 1. The van der Waals surface area contributed by atoms with Gasteiger partial charge >= 0.3 is 47.7 Å². The summed E-state index contributed by atoms with van der Waals surface area (Å²) in [6.45, 7) is -1.80. The van der Waals surface area contributed by atoms with Crippen LogP contribution in [0.25, 0.3) is 0 Å². The number of alkyl halides is 15. The highest BCUT2D eigenvalue weighted by Gasteiger charge is 2.93. The summed E-state index contributed by atoms with van der Waals surface area (Å²) >= 11 is 0. The lowest BCUT2D eigenvalue weighted by atomic mass is 9.91. The monoisotopic (exact) mass is 553 g/mol. The number of ether oxygens (including phenoxy) is 1. The zero-order valence-corrected chi connectivity index (χ0v) is 17.8. The molecule has 0 spiro atoms. The van der Waals surface area contributed by atoms with E-state index in [1.54, 1.807) is 19.0 Å². The van der Waals surface area contributed by atoms with Gasteiger partial charge in [0.05, 0.1) is 0 Å². The molecule has 0 aliphatic rings. The number of unbranched alkanes of at least 4 members (excludes halogenated alkanes) is 1. The standard InChI is InChI=1S/C17H18F15NO2/c1-9(6-4-5-7-33(2)3)10(34)35-8-11(18,19)12(20,21)13(22,23)14(24,25)15(26,27)16(28,29)17(30,31)32/h6H,4-5,7-8H2,1-3H3. The number of carbonyl (C=O) groups is 1. The lowest BCUT2D eigenvalue weighted by Gasteiger charge is -2.41. The lowest BCUT2D eigenvalue weighted by molar-refractivity contribution is -0.453. The highest BCUT2D eigenvalue weighted by molar-refractivity contribution is 5.87. The molecule has 0 radical (unpaired) electrons. The first-order valence-electron chi connectivity index (χ1n) is 9.04. The Balaban J connectivity index is 5.88. The van der Waals surface area contributed by atoms with Gasteiger partial charge in [0, 0.05) is 5.57 Å². The van der Waals surface area contributed by atoms with E-state index in [1.165, 1.54) is 0 Å². The second-order valence-electron chi connectivity index (χ2n) is 7.48. The summed E-state index contributed by atoms with van der Waals surface area (Å²) in [7, 11) is 3.32. The Morgan fingerprint density at radius 3 is 1.51 bits per heavy atom. The molecule has 0 atom stereocenters. The Bertz CT molecular complexity index is 772. The van der Waals surface area contributed by atoms with Crippen LogP contribution in [0.4, 0.5) is 65.9 Å². The van der Waals surface area contributed by atoms with Gasteiger partial charge in [-0.15, -0.1) is 0 Å². The largest absolute Gasteiger partial charge is 0.460 e. The van der Waals surface area contributed by atoms with Gasteiger partial charge in [-0.2, -0.15) is 65.9 Å². The van der Waals surface area contributed by atoms with Crippen LogP contribution in [0.1, 0.15) is 19.8 Å². The molecule has 35 heavy (non-hydrogen) atoms. The smallest absolute Gasteiger partial charge is 0.456 e. The lowest BCUT2D eigenvalue weighted by Crippen LogP contribution is -2.73. The zero-order chi connectivity index (χ0) is 28.5. The molecule has 0 amide bonds. The van der Waals surface area contributed by atoms with Crippen molar-refractivity contribution >= 4 is 5.97 Å². The summed E-state index contributed by atoms with van der Waals surface area (Å²) in [5, 5.41) is 0. The summed E-state index contributed by atoms with van der Waals surface area (Å²) in [6, 6.07) is 0. The maximum atomic E-state index is 13.6. The first kappa shape index (κ1) is 33.1. The number of nitrogens with zero attached hydrogens (tertiary/aromatic N) is 1. The van der Waals surface area contributed by atoms with Crippen LogP contribution in [-0.4, -0.2) is 79.8 Å². The molecule has 0 aliphatic carbocycles. The predicted octanol–water partition coefficient (Wildman–Crippen LogP) is 6.19. The van der Waals surface area contributed by atoms with Crippen LogP contribution in [-0.2, 0) is 9.53 Å². The Morgan fingerprint density at radius 2 is 1.11 bits per heavy atom. The van der Waals surface area contributed by atoms with Gasteiger partial charge in [0.1, 0.15) is 0 Å². The van der Waals surface area contributed by atoms with Crippen molar-refractivity contribution in [2.75, 3.05) is 27.2 Å². The van der Waals surface area contributed by atoms with Gasteiger partial charge in [-0.1, -0.05) is 6.08 Å². The van der Waals surface area contributed by atoms with Crippen LogP contribution < -0.4 is 0 Å². The average Bonchev–Trinajstić information content (AvgIpc) is 2.67. The number of carbonyl (C=O) groups excluding carboxylic acids is 1. The molecule has 0 aromatic heterocycles. The Morgan fingerprint density at radius 1 is 0.714 bits per heavy atom. The minimum absolute atomic E-state index is 0.0957. The third-order valence-electron chi connectivity index (χ3n) is 4.36. The molecule has 0 heterocycles. The SMILES string of the molecule is CC(=CCCCN(C)C)C(=O)OCC(F)(F)C(F)(F)C(F)(F)C(F)(F)C(F)(F)C(F)(F)C(F)(F)F. The fourth-order valence-corrected chi connectivity index (χ4v) is 2.17. The van der Waals surface area contributed by atoms with E-state index in [4.69, 9.17) is 0 Å².